The van der Waals surface area contributed by atoms with Crippen LogP contribution in [0.2, 0.25) is 10.0 Å². The fourth-order valence-corrected chi connectivity index (χ4v) is 3.84. The van der Waals surface area contributed by atoms with Crippen molar-refractivity contribution in [3.05, 3.63) is 46.1 Å². The van der Waals surface area contributed by atoms with Gasteiger partial charge in [0, 0.05) is 24.3 Å². The van der Waals surface area contributed by atoms with E-state index >= 15 is 0 Å². The second-order valence-electron chi connectivity index (χ2n) is 7.03. The third-order valence-electron chi connectivity index (χ3n) is 4.98. The number of likely N-dealkylation sites (tertiary alicyclic amines) is 1. The van der Waals surface area contributed by atoms with Crippen LogP contribution in [0, 0.1) is 5.92 Å². The van der Waals surface area contributed by atoms with Gasteiger partial charge in [-0.2, -0.15) is 0 Å². The van der Waals surface area contributed by atoms with E-state index in [1.54, 1.807) is 29.2 Å². The first-order valence-corrected chi connectivity index (χ1v) is 10.0. The zero-order valence-electron chi connectivity index (χ0n) is 15.5. The Morgan fingerprint density at radius 2 is 2.07 bits per heavy atom. The van der Waals surface area contributed by atoms with E-state index in [2.05, 4.69) is 10.3 Å². The molecular weight excluding hydrogens is 417 g/mol. The summed E-state index contributed by atoms with van der Waals surface area (Å²) in [5.74, 6) is 0.905. The highest BCUT2D eigenvalue weighted by Crippen LogP contribution is 2.30. The number of benzene rings is 1. The number of carbonyl (C=O) groups excluding carboxylic acids is 2. The molecule has 0 bridgehead atoms. The van der Waals surface area contributed by atoms with Gasteiger partial charge in [0.05, 0.1) is 17.2 Å². The maximum absolute atomic E-state index is 12.8. The van der Waals surface area contributed by atoms with E-state index in [0.29, 0.717) is 58.5 Å². The van der Waals surface area contributed by atoms with Gasteiger partial charge in [-0.05, 0) is 43.0 Å². The SMILES string of the molecule is O=C1COc2ncc(C(=O)N3CCC(COc4ccc(Cl)cc4Cl)CC3)cc2N1. The number of hydrogen-bond acceptors (Lipinski definition) is 5. The first-order valence-electron chi connectivity index (χ1n) is 9.29. The largest absolute Gasteiger partial charge is 0.492 e. The number of piperidine rings is 1. The number of pyridine rings is 1. The van der Waals surface area contributed by atoms with Crippen molar-refractivity contribution in [2.24, 2.45) is 5.92 Å². The summed E-state index contributed by atoms with van der Waals surface area (Å²) in [7, 11) is 0. The number of anilines is 1. The molecule has 1 N–H and O–H groups in total. The van der Waals surface area contributed by atoms with Crippen LogP contribution >= 0.6 is 23.2 Å². The van der Waals surface area contributed by atoms with Crippen LogP contribution < -0.4 is 14.8 Å². The molecular formula is C20H19Cl2N3O4. The summed E-state index contributed by atoms with van der Waals surface area (Å²) < 4.78 is 11.1. The molecule has 0 radical (unpaired) electrons. The molecule has 0 saturated carbocycles. The van der Waals surface area contributed by atoms with Crippen LogP contribution in [0.3, 0.4) is 0 Å². The molecule has 152 valence electrons. The van der Waals surface area contributed by atoms with Crippen LogP contribution in [0.5, 0.6) is 11.6 Å². The van der Waals surface area contributed by atoms with Crippen LogP contribution in [0.15, 0.2) is 30.5 Å². The normalized spacial score (nSPS) is 16.6. The molecule has 29 heavy (non-hydrogen) atoms. The quantitative estimate of drug-likeness (QED) is 0.792. The lowest BCUT2D eigenvalue weighted by molar-refractivity contribution is -0.118. The molecule has 1 aromatic carbocycles. The van der Waals surface area contributed by atoms with Gasteiger partial charge in [0.25, 0.3) is 11.8 Å². The summed E-state index contributed by atoms with van der Waals surface area (Å²) >= 11 is 12.0. The van der Waals surface area contributed by atoms with E-state index in [0.717, 1.165) is 12.8 Å². The van der Waals surface area contributed by atoms with E-state index < -0.39 is 0 Å². The second-order valence-corrected chi connectivity index (χ2v) is 7.88. The smallest absolute Gasteiger partial charge is 0.262 e. The molecule has 2 aromatic rings. The molecule has 1 aromatic heterocycles. The van der Waals surface area contributed by atoms with Crippen molar-refractivity contribution in [1.29, 1.82) is 0 Å². The lowest BCUT2D eigenvalue weighted by Gasteiger charge is -2.32. The third kappa shape index (κ3) is 4.57. The highest BCUT2D eigenvalue weighted by atomic mass is 35.5. The minimum Gasteiger partial charge on any atom is -0.492 e. The fourth-order valence-electron chi connectivity index (χ4n) is 3.38. The van der Waals surface area contributed by atoms with E-state index in [1.165, 1.54) is 6.20 Å². The molecule has 0 aliphatic carbocycles. The summed E-state index contributed by atoms with van der Waals surface area (Å²) in [6.07, 6.45) is 3.14. The Balaban J connectivity index is 1.32. The molecule has 1 fully saturated rings. The minimum atomic E-state index is -0.259. The summed E-state index contributed by atoms with van der Waals surface area (Å²) in [5.41, 5.74) is 0.854. The Hall–Kier alpha value is -2.51. The van der Waals surface area contributed by atoms with Gasteiger partial charge in [-0.1, -0.05) is 23.2 Å². The summed E-state index contributed by atoms with van der Waals surface area (Å²) in [4.78, 5) is 30.2. The molecule has 4 rings (SSSR count). The van der Waals surface area contributed by atoms with Crippen molar-refractivity contribution in [2.75, 3.05) is 31.6 Å². The second kappa shape index (κ2) is 8.47. The Bertz CT molecular complexity index is 945. The van der Waals surface area contributed by atoms with Crippen molar-refractivity contribution in [3.63, 3.8) is 0 Å². The maximum atomic E-state index is 12.8. The van der Waals surface area contributed by atoms with Crippen molar-refractivity contribution in [1.82, 2.24) is 9.88 Å². The Morgan fingerprint density at radius 3 is 2.83 bits per heavy atom. The van der Waals surface area contributed by atoms with Crippen LogP contribution in [0.4, 0.5) is 5.69 Å². The Labute approximate surface area is 177 Å². The van der Waals surface area contributed by atoms with Gasteiger partial charge in [0.1, 0.15) is 11.4 Å². The third-order valence-corrected chi connectivity index (χ3v) is 5.51. The number of nitrogens with zero attached hydrogens (tertiary/aromatic N) is 2. The van der Waals surface area contributed by atoms with Crippen LogP contribution in [0.1, 0.15) is 23.2 Å². The van der Waals surface area contributed by atoms with Gasteiger partial charge in [-0.15, -0.1) is 0 Å². The van der Waals surface area contributed by atoms with Gasteiger partial charge in [-0.3, -0.25) is 9.59 Å². The van der Waals surface area contributed by atoms with Crippen LogP contribution in [0.25, 0.3) is 0 Å². The molecule has 1 saturated heterocycles. The highest BCUT2D eigenvalue weighted by Gasteiger charge is 2.26. The van der Waals surface area contributed by atoms with Gasteiger partial charge in [0.15, 0.2) is 6.61 Å². The zero-order chi connectivity index (χ0) is 20.4. The molecule has 2 aliphatic heterocycles. The van der Waals surface area contributed by atoms with Gasteiger partial charge in [0.2, 0.25) is 5.88 Å². The first-order chi connectivity index (χ1) is 14.0. The van der Waals surface area contributed by atoms with E-state index in [4.69, 9.17) is 32.7 Å². The highest BCUT2D eigenvalue weighted by molar-refractivity contribution is 6.35. The molecule has 0 atom stereocenters. The van der Waals surface area contributed by atoms with Crippen molar-refractivity contribution in [3.8, 4) is 11.6 Å². The summed E-state index contributed by atoms with van der Waals surface area (Å²) in [6, 6.07) is 6.76. The Kier molecular flexibility index (Phi) is 5.78. The van der Waals surface area contributed by atoms with Crippen molar-refractivity contribution >= 4 is 40.7 Å². The number of fused-ring (bicyclic) bond motifs is 1. The zero-order valence-corrected chi connectivity index (χ0v) is 17.0. The number of ether oxygens (including phenoxy) is 2. The molecule has 9 heteroatoms. The minimum absolute atomic E-state index is 0.0654. The van der Waals surface area contributed by atoms with Crippen LogP contribution in [-0.4, -0.2) is 48.0 Å². The lowest BCUT2D eigenvalue weighted by atomic mass is 9.97. The van der Waals surface area contributed by atoms with E-state index in [9.17, 15) is 9.59 Å². The summed E-state index contributed by atoms with van der Waals surface area (Å²) in [5, 5.41) is 3.73. The predicted molar refractivity (Wildman–Crippen MR) is 109 cm³/mol. The number of amides is 2. The average molecular weight is 436 g/mol. The molecule has 0 spiro atoms. The first kappa shape index (κ1) is 19.8. The standard InChI is InChI=1S/C20H19Cl2N3O4/c21-14-1-2-17(15(22)8-14)28-10-12-3-5-25(6-4-12)20(27)13-7-16-19(23-9-13)29-11-18(26)24-16/h1-2,7-9,12H,3-6,10-11H2,(H,24,26). The molecule has 2 amide bonds. The Morgan fingerprint density at radius 1 is 1.28 bits per heavy atom. The maximum Gasteiger partial charge on any atom is 0.262 e. The predicted octanol–water partition coefficient (Wildman–Crippen LogP) is 3.65. The molecule has 7 nitrogen and oxygen atoms in total. The molecule has 0 unspecified atom stereocenters. The number of carbonyl (C=O) groups is 2. The lowest BCUT2D eigenvalue weighted by Crippen LogP contribution is -2.39. The monoisotopic (exact) mass is 435 g/mol. The topological polar surface area (TPSA) is 80.8 Å². The number of halogens is 2. The molecule has 2 aliphatic rings. The van der Waals surface area contributed by atoms with E-state index in [-0.39, 0.29) is 18.4 Å². The number of nitrogens with one attached hydrogen (secondary N) is 1. The summed E-state index contributed by atoms with van der Waals surface area (Å²) in [6.45, 7) is 1.72. The van der Waals surface area contributed by atoms with Gasteiger partial charge >= 0.3 is 0 Å². The number of aromatic nitrogens is 1. The van der Waals surface area contributed by atoms with Crippen LogP contribution in [-0.2, 0) is 4.79 Å². The van der Waals surface area contributed by atoms with Crippen molar-refractivity contribution < 1.29 is 19.1 Å². The average Bonchev–Trinajstić information content (AvgIpc) is 2.72. The molecule has 3 heterocycles. The van der Waals surface area contributed by atoms with Crippen molar-refractivity contribution in [2.45, 2.75) is 12.8 Å². The van der Waals surface area contributed by atoms with Gasteiger partial charge in [-0.25, -0.2) is 4.98 Å². The van der Waals surface area contributed by atoms with Gasteiger partial charge < -0.3 is 19.7 Å². The van der Waals surface area contributed by atoms with E-state index in [1.807, 2.05) is 0 Å². The number of hydrogen-bond donors (Lipinski definition) is 1. The number of rotatable bonds is 4. The fraction of sp³-hybridized carbons (Fsp3) is 0.350.